The summed E-state index contributed by atoms with van der Waals surface area (Å²) >= 11 is 0. The number of aliphatic hydroxyl groups excluding tert-OH is 1. The van der Waals surface area contributed by atoms with Gasteiger partial charge in [0, 0.05) is 19.3 Å². The zero-order chi connectivity index (χ0) is 18.7. The van der Waals surface area contributed by atoms with Crippen LogP contribution in [0.1, 0.15) is 18.9 Å². The minimum Gasteiger partial charge on any atom is -0.391 e. The first kappa shape index (κ1) is 16.1. The first-order chi connectivity index (χ1) is 13.8. The highest BCUT2D eigenvalue weighted by Gasteiger charge is 2.43. The van der Waals surface area contributed by atoms with E-state index in [9.17, 15) is 5.11 Å². The first-order valence-corrected chi connectivity index (χ1v) is 9.90. The zero-order valence-electron chi connectivity index (χ0n) is 15.4. The molecule has 0 spiro atoms. The van der Waals surface area contributed by atoms with Gasteiger partial charge in [0.05, 0.1) is 34.9 Å². The van der Waals surface area contributed by atoms with Gasteiger partial charge < -0.3 is 19.6 Å². The summed E-state index contributed by atoms with van der Waals surface area (Å²) in [7, 11) is 0. The van der Waals surface area contributed by atoms with Gasteiger partial charge in [-0.1, -0.05) is 12.1 Å². The second-order valence-corrected chi connectivity index (χ2v) is 8.11. The quantitative estimate of drug-likeness (QED) is 0.564. The van der Waals surface area contributed by atoms with Crippen molar-refractivity contribution >= 4 is 27.9 Å². The van der Waals surface area contributed by atoms with E-state index in [0.29, 0.717) is 11.8 Å². The Morgan fingerprint density at radius 2 is 1.86 bits per heavy atom. The number of imidazole rings is 1. The van der Waals surface area contributed by atoms with E-state index in [1.54, 1.807) is 6.33 Å². The SMILES string of the molecule is O[C@@H]1C[C@H]2CN(c3ncnc4[nH]ccc34)C[C@H]2C[C@H]1n1cnc2ccccc21. The molecule has 2 aliphatic rings. The van der Waals surface area contributed by atoms with E-state index in [-0.39, 0.29) is 12.1 Å². The molecule has 4 aromatic rings. The lowest BCUT2D eigenvalue weighted by atomic mass is 9.77. The summed E-state index contributed by atoms with van der Waals surface area (Å²) in [6.45, 7) is 1.91. The lowest BCUT2D eigenvalue weighted by Gasteiger charge is -2.36. The summed E-state index contributed by atoms with van der Waals surface area (Å²) in [6, 6.07) is 10.3. The van der Waals surface area contributed by atoms with Crippen LogP contribution >= 0.6 is 0 Å². The van der Waals surface area contributed by atoms with E-state index in [2.05, 4.69) is 35.5 Å². The van der Waals surface area contributed by atoms with Gasteiger partial charge in [0.15, 0.2) is 0 Å². The number of nitrogens with one attached hydrogen (secondary N) is 1. The van der Waals surface area contributed by atoms with Gasteiger partial charge in [0.2, 0.25) is 0 Å². The molecular formula is C21H22N6O. The number of anilines is 1. The molecule has 2 N–H and O–H groups in total. The molecule has 28 heavy (non-hydrogen) atoms. The number of aromatic amines is 1. The lowest BCUT2D eigenvalue weighted by molar-refractivity contribution is 0.0375. The third kappa shape index (κ3) is 2.36. The summed E-state index contributed by atoms with van der Waals surface area (Å²) in [5.41, 5.74) is 2.97. The molecule has 6 rings (SSSR count). The Morgan fingerprint density at radius 1 is 1.00 bits per heavy atom. The average molecular weight is 374 g/mol. The maximum atomic E-state index is 10.9. The van der Waals surface area contributed by atoms with Crippen LogP contribution in [0.15, 0.2) is 49.2 Å². The Labute approximate surface area is 162 Å². The molecule has 0 radical (unpaired) electrons. The highest BCUT2D eigenvalue weighted by Crippen LogP contribution is 2.43. The molecule has 4 heterocycles. The third-order valence-corrected chi connectivity index (χ3v) is 6.58. The number of H-pyrrole nitrogens is 1. The van der Waals surface area contributed by atoms with Gasteiger partial charge in [-0.25, -0.2) is 15.0 Å². The maximum absolute atomic E-state index is 10.9. The topological polar surface area (TPSA) is 82.9 Å². The number of benzene rings is 1. The number of fused-ring (bicyclic) bond motifs is 3. The first-order valence-electron chi connectivity index (χ1n) is 9.90. The standard InChI is InChI=1S/C21H22N6O/c28-19-8-14-10-26(21-15-5-6-22-20(15)23-11-24-21)9-13(14)7-18(19)27-12-25-16-3-1-2-4-17(16)27/h1-6,11-14,18-19,28H,7-10H2,(H,22,23,24)/t13-,14+,18-,19-/m1/s1. The monoisotopic (exact) mass is 374 g/mol. The van der Waals surface area contributed by atoms with Gasteiger partial charge in [0.1, 0.15) is 17.8 Å². The van der Waals surface area contributed by atoms with Crippen molar-refractivity contribution < 1.29 is 5.11 Å². The minimum atomic E-state index is -0.350. The molecule has 2 fully saturated rings. The zero-order valence-corrected chi connectivity index (χ0v) is 15.4. The fourth-order valence-corrected chi connectivity index (χ4v) is 5.23. The summed E-state index contributed by atoms with van der Waals surface area (Å²) in [5, 5.41) is 12.0. The summed E-state index contributed by atoms with van der Waals surface area (Å²) < 4.78 is 2.17. The van der Waals surface area contributed by atoms with Gasteiger partial charge in [-0.15, -0.1) is 0 Å². The van der Waals surface area contributed by atoms with E-state index in [4.69, 9.17) is 0 Å². The predicted octanol–water partition coefficient (Wildman–Crippen LogP) is 2.76. The molecule has 0 unspecified atom stereocenters. The van der Waals surface area contributed by atoms with Gasteiger partial charge in [-0.05, 0) is 42.9 Å². The Balaban J connectivity index is 1.30. The fraction of sp³-hybridized carbons (Fsp3) is 0.381. The van der Waals surface area contributed by atoms with Crippen LogP contribution in [0.25, 0.3) is 22.1 Å². The van der Waals surface area contributed by atoms with Crippen LogP contribution < -0.4 is 4.90 Å². The number of aliphatic hydroxyl groups is 1. The molecule has 1 aromatic carbocycles. The maximum Gasteiger partial charge on any atom is 0.142 e. The largest absolute Gasteiger partial charge is 0.391 e. The second-order valence-electron chi connectivity index (χ2n) is 8.11. The molecule has 7 nitrogen and oxygen atoms in total. The molecule has 1 aliphatic heterocycles. The molecule has 1 aliphatic carbocycles. The Hall–Kier alpha value is -2.93. The highest BCUT2D eigenvalue weighted by atomic mass is 16.3. The molecule has 0 amide bonds. The average Bonchev–Trinajstić information content (AvgIpc) is 3.44. The minimum absolute atomic E-state index is 0.0753. The van der Waals surface area contributed by atoms with Crippen LogP contribution in [0.5, 0.6) is 0 Å². The van der Waals surface area contributed by atoms with Crippen molar-refractivity contribution in [2.75, 3.05) is 18.0 Å². The Morgan fingerprint density at radius 3 is 2.79 bits per heavy atom. The van der Waals surface area contributed by atoms with E-state index in [0.717, 1.165) is 53.8 Å². The van der Waals surface area contributed by atoms with Gasteiger partial charge >= 0.3 is 0 Å². The number of aromatic nitrogens is 5. The van der Waals surface area contributed by atoms with Crippen molar-refractivity contribution in [3.63, 3.8) is 0 Å². The van der Waals surface area contributed by atoms with Crippen molar-refractivity contribution in [1.82, 2.24) is 24.5 Å². The van der Waals surface area contributed by atoms with E-state index in [1.165, 1.54) is 0 Å². The van der Waals surface area contributed by atoms with Gasteiger partial charge in [-0.3, -0.25) is 0 Å². The van der Waals surface area contributed by atoms with Crippen molar-refractivity contribution in [1.29, 1.82) is 0 Å². The third-order valence-electron chi connectivity index (χ3n) is 6.58. The van der Waals surface area contributed by atoms with Crippen LogP contribution in [-0.2, 0) is 0 Å². The van der Waals surface area contributed by atoms with Crippen molar-refractivity contribution in [3.8, 4) is 0 Å². The van der Waals surface area contributed by atoms with Crippen molar-refractivity contribution in [2.24, 2.45) is 11.8 Å². The van der Waals surface area contributed by atoms with Crippen LogP contribution in [0.3, 0.4) is 0 Å². The van der Waals surface area contributed by atoms with Crippen LogP contribution in [0.4, 0.5) is 5.82 Å². The molecule has 1 saturated carbocycles. The normalized spacial score (nSPS) is 27.5. The van der Waals surface area contributed by atoms with Crippen LogP contribution in [0, 0.1) is 11.8 Å². The summed E-state index contributed by atoms with van der Waals surface area (Å²) in [5.74, 6) is 2.03. The van der Waals surface area contributed by atoms with Crippen molar-refractivity contribution in [3.05, 3.63) is 49.2 Å². The number of hydrogen-bond donors (Lipinski definition) is 2. The Kier molecular flexibility index (Phi) is 3.46. The van der Waals surface area contributed by atoms with E-state index < -0.39 is 0 Å². The van der Waals surface area contributed by atoms with Crippen molar-refractivity contribution in [2.45, 2.75) is 25.0 Å². The molecule has 3 aromatic heterocycles. The number of rotatable bonds is 2. The van der Waals surface area contributed by atoms with E-state index in [1.807, 2.05) is 36.8 Å². The van der Waals surface area contributed by atoms with Crippen LogP contribution in [0.2, 0.25) is 0 Å². The number of hydrogen-bond acceptors (Lipinski definition) is 5. The fourth-order valence-electron chi connectivity index (χ4n) is 5.23. The predicted molar refractivity (Wildman–Crippen MR) is 107 cm³/mol. The van der Waals surface area contributed by atoms with Crippen LogP contribution in [-0.4, -0.2) is 48.8 Å². The lowest BCUT2D eigenvalue weighted by Crippen LogP contribution is -2.36. The second kappa shape index (κ2) is 6.04. The summed E-state index contributed by atoms with van der Waals surface area (Å²) in [6.07, 6.45) is 6.86. The van der Waals surface area contributed by atoms with Gasteiger partial charge in [-0.2, -0.15) is 0 Å². The highest BCUT2D eigenvalue weighted by molar-refractivity contribution is 5.87. The number of nitrogens with zero attached hydrogens (tertiary/aromatic N) is 5. The smallest absolute Gasteiger partial charge is 0.142 e. The van der Waals surface area contributed by atoms with E-state index >= 15 is 0 Å². The molecular weight excluding hydrogens is 352 g/mol. The molecule has 4 atom stereocenters. The van der Waals surface area contributed by atoms with Gasteiger partial charge in [0.25, 0.3) is 0 Å². The molecule has 0 bridgehead atoms. The Bertz CT molecular complexity index is 1150. The molecule has 1 saturated heterocycles. The molecule has 7 heteroatoms. The number of para-hydroxylation sites is 2. The summed E-state index contributed by atoms with van der Waals surface area (Å²) in [4.78, 5) is 18.9. The molecule has 142 valence electrons.